The molecular weight excluding hydrogens is 252 g/mol. The average Bonchev–Trinajstić information content (AvgIpc) is 2.48. The van der Waals surface area contributed by atoms with Gasteiger partial charge < -0.3 is 9.47 Å². The first-order chi connectivity index (χ1) is 9.64. The summed E-state index contributed by atoms with van der Waals surface area (Å²) in [6.45, 7) is 4.55. The van der Waals surface area contributed by atoms with Crippen molar-refractivity contribution in [3.63, 3.8) is 0 Å². The maximum absolute atomic E-state index is 13.0. The van der Waals surface area contributed by atoms with E-state index in [4.69, 9.17) is 9.47 Å². The van der Waals surface area contributed by atoms with Gasteiger partial charge in [-0.05, 0) is 38.5 Å². The van der Waals surface area contributed by atoms with Crippen molar-refractivity contribution >= 4 is 5.78 Å². The maximum Gasteiger partial charge on any atom is 0.142 e. The number of rotatable bonds is 2. The Morgan fingerprint density at radius 2 is 1.70 bits per heavy atom. The lowest BCUT2D eigenvalue weighted by molar-refractivity contribution is -0.162. The zero-order valence-electron chi connectivity index (χ0n) is 12.8. The predicted molar refractivity (Wildman–Crippen MR) is 77.7 cm³/mol. The van der Waals surface area contributed by atoms with Crippen LogP contribution in [-0.4, -0.2) is 31.2 Å². The van der Waals surface area contributed by atoms with Gasteiger partial charge in [-0.2, -0.15) is 0 Å². The summed E-state index contributed by atoms with van der Waals surface area (Å²) in [6.07, 6.45) is 9.74. The minimum Gasteiger partial charge on any atom is -0.381 e. The fourth-order valence-electron chi connectivity index (χ4n) is 4.41. The summed E-state index contributed by atoms with van der Waals surface area (Å²) in [7, 11) is 0. The Morgan fingerprint density at radius 3 is 2.40 bits per heavy atom. The van der Waals surface area contributed by atoms with Gasteiger partial charge in [0.05, 0.1) is 5.60 Å². The normalized spacial score (nSPS) is 33.0. The van der Waals surface area contributed by atoms with Gasteiger partial charge in [0.15, 0.2) is 0 Å². The van der Waals surface area contributed by atoms with Crippen LogP contribution in [0, 0.1) is 11.3 Å². The number of ketones is 1. The molecule has 2 aliphatic heterocycles. The Labute approximate surface area is 122 Å². The third-order valence-corrected chi connectivity index (χ3v) is 5.82. The van der Waals surface area contributed by atoms with Crippen LogP contribution in [0.3, 0.4) is 0 Å². The topological polar surface area (TPSA) is 35.5 Å². The van der Waals surface area contributed by atoms with Crippen LogP contribution in [0.15, 0.2) is 0 Å². The third-order valence-electron chi connectivity index (χ3n) is 5.82. The minimum atomic E-state index is -0.0537. The molecule has 2 heterocycles. The highest BCUT2D eigenvalue weighted by atomic mass is 16.5. The van der Waals surface area contributed by atoms with E-state index < -0.39 is 0 Å². The lowest BCUT2D eigenvalue weighted by atomic mass is 9.66. The van der Waals surface area contributed by atoms with Crippen LogP contribution in [0.25, 0.3) is 0 Å². The van der Waals surface area contributed by atoms with Gasteiger partial charge in [0, 0.05) is 31.2 Å². The van der Waals surface area contributed by atoms with E-state index in [-0.39, 0.29) is 16.9 Å². The van der Waals surface area contributed by atoms with Crippen molar-refractivity contribution in [2.75, 3.05) is 19.8 Å². The van der Waals surface area contributed by atoms with Crippen LogP contribution in [-0.2, 0) is 14.3 Å². The first kappa shape index (κ1) is 14.5. The number of hydrogen-bond acceptors (Lipinski definition) is 3. The summed E-state index contributed by atoms with van der Waals surface area (Å²) >= 11 is 0. The highest BCUT2D eigenvalue weighted by Crippen LogP contribution is 2.44. The first-order valence-electron chi connectivity index (χ1n) is 8.40. The smallest absolute Gasteiger partial charge is 0.142 e. The van der Waals surface area contributed by atoms with Crippen molar-refractivity contribution in [1.29, 1.82) is 0 Å². The average molecular weight is 280 g/mol. The second kappa shape index (κ2) is 5.76. The zero-order chi connectivity index (χ0) is 14.1. The molecule has 0 N–H and O–H groups in total. The molecule has 0 amide bonds. The van der Waals surface area contributed by atoms with E-state index in [9.17, 15) is 4.79 Å². The molecule has 0 aromatic rings. The summed E-state index contributed by atoms with van der Waals surface area (Å²) in [5.41, 5.74) is -0.103. The van der Waals surface area contributed by atoms with E-state index in [1.807, 2.05) is 0 Å². The summed E-state index contributed by atoms with van der Waals surface area (Å²) < 4.78 is 11.5. The summed E-state index contributed by atoms with van der Waals surface area (Å²) in [5.74, 6) is 0.760. The quantitative estimate of drug-likeness (QED) is 0.776. The fraction of sp³-hybridized carbons (Fsp3) is 0.941. The Morgan fingerprint density at radius 1 is 1.00 bits per heavy atom. The van der Waals surface area contributed by atoms with Crippen molar-refractivity contribution in [2.24, 2.45) is 11.3 Å². The molecule has 20 heavy (non-hydrogen) atoms. The van der Waals surface area contributed by atoms with E-state index in [0.29, 0.717) is 5.78 Å². The Bertz CT molecular complexity index is 346. The molecule has 3 heteroatoms. The van der Waals surface area contributed by atoms with E-state index in [0.717, 1.165) is 58.3 Å². The van der Waals surface area contributed by atoms with Crippen molar-refractivity contribution in [3.8, 4) is 0 Å². The van der Waals surface area contributed by atoms with E-state index >= 15 is 0 Å². The van der Waals surface area contributed by atoms with Crippen molar-refractivity contribution in [2.45, 2.75) is 70.3 Å². The largest absolute Gasteiger partial charge is 0.381 e. The molecule has 114 valence electrons. The van der Waals surface area contributed by atoms with Crippen LogP contribution in [0.1, 0.15) is 64.7 Å². The standard InChI is InChI=1S/C17H28O3/c1-16(6-3-2-4-7-16)15(18)14-5-10-20-17(13-14)8-11-19-12-9-17/h14H,2-13H2,1H3. The van der Waals surface area contributed by atoms with Gasteiger partial charge in [-0.15, -0.1) is 0 Å². The fourth-order valence-corrected chi connectivity index (χ4v) is 4.41. The highest BCUT2D eigenvalue weighted by molar-refractivity contribution is 5.87. The van der Waals surface area contributed by atoms with E-state index in [2.05, 4.69) is 6.92 Å². The molecular formula is C17H28O3. The van der Waals surface area contributed by atoms with Gasteiger partial charge in [0.1, 0.15) is 5.78 Å². The second-order valence-corrected chi connectivity index (χ2v) is 7.32. The summed E-state index contributed by atoms with van der Waals surface area (Å²) in [4.78, 5) is 13.0. The number of hydrogen-bond donors (Lipinski definition) is 0. The van der Waals surface area contributed by atoms with Crippen molar-refractivity contribution in [3.05, 3.63) is 0 Å². The first-order valence-corrected chi connectivity index (χ1v) is 8.40. The van der Waals surface area contributed by atoms with Gasteiger partial charge >= 0.3 is 0 Å². The molecule has 0 aromatic carbocycles. The Kier molecular flexibility index (Phi) is 4.19. The van der Waals surface area contributed by atoms with Crippen LogP contribution < -0.4 is 0 Å². The molecule has 1 aliphatic carbocycles. The third kappa shape index (κ3) is 2.80. The van der Waals surface area contributed by atoms with Gasteiger partial charge in [0.2, 0.25) is 0 Å². The van der Waals surface area contributed by atoms with Crippen LogP contribution in [0.5, 0.6) is 0 Å². The maximum atomic E-state index is 13.0. The molecule has 3 nitrogen and oxygen atoms in total. The molecule has 2 saturated heterocycles. The van der Waals surface area contributed by atoms with Crippen molar-refractivity contribution < 1.29 is 14.3 Å². The van der Waals surface area contributed by atoms with Crippen molar-refractivity contribution in [1.82, 2.24) is 0 Å². The Balaban J connectivity index is 1.68. The second-order valence-electron chi connectivity index (χ2n) is 7.32. The molecule has 1 atom stereocenters. The van der Waals surface area contributed by atoms with Crippen LogP contribution in [0.2, 0.25) is 0 Å². The molecule has 3 rings (SSSR count). The number of ether oxygens (including phenoxy) is 2. The number of Topliss-reactive ketones (excluding diaryl/α,β-unsaturated/α-hetero) is 1. The summed E-state index contributed by atoms with van der Waals surface area (Å²) in [6, 6.07) is 0. The van der Waals surface area contributed by atoms with Gasteiger partial charge in [-0.25, -0.2) is 0 Å². The van der Waals surface area contributed by atoms with Gasteiger partial charge in [-0.1, -0.05) is 26.2 Å². The number of carbonyl (C=O) groups is 1. The molecule has 0 aromatic heterocycles. The summed E-state index contributed by atoms with van der Waals surface area (Å²) in [5, 5.41) is 0. The Hall–Kier alpha value is -0.410. The van der Waals surface area contributed by atoms with Crippen LogP contribution >= 0.6 is 0 Å². The van der Waals surface area contributed by atoms with E-state index in [1.54, 1.807) is 0 Å². The van der Waals surface area contributed by atoms with E-state index in [1.165, 1.54) is 19.3 Å². The highest BCUT2D eigenvalue weighted by Gasteiger charge is 2.45. The SMILES string of the molecule is CC1(C(=O)C2CCOC3(CCOCC3)C2)CCCCC1. The molecule has 3 aliphatic rings. The molecule has 3 fully saturated rings. The zero-order valence-corrected chi connectivity index (χ0v) is 12.8. The monoisotopic (exact) mass is 280 g/mol. The minimum absolute atomic E-state index is 0.0490. The molecule has 0 bridgehead atoms. The lowest BCUT2D eigenvalue weighted by Crippen LogP contribution is -2.48. The molecule has 0 radical (unpaired) electrons. The van der Waals surface area contributed by atoms with Gasteiger partial charge in [0.25, 0.3) is 0 Å². The predicted octanol–water partition coefficient (Wildman–Crippen LogP) is 3.50. The molecule has 1 saturated carbocycles. The lowest BCUT2D eigenvalue weighted by Gasteiger charge is -2.45. The number of carbonyl (C=O) groups excluding carboxylic acids is 1. The van der Waals surface area contributed by atoms with Gasteiger partial charge in [-0.3, -0.25) is 4.79 Å². The van der Waals surface area contributed by atoms with Crippen LogP contribution in [0.4, 0.5) is 0 Å². The molecule has 1 spiro atoms. The molecule has 1 unspecified atom stereocenters.